The summed E-state index contributed by atoms with van der Waals surface area (Å²) in [6.07, 6.45) is 0.900. The number of nitro groups is 1. The third-order valence-electron chi connectivity index (χ3n) is 4.88. The minimum atomic E-state index is -4.76. The molecule has 2 aliphatic rings. The molecule has 24 heavy (non-hydrogen) atoms. The molecule has 1 aliphatic carbocycles. The zero-order valence-corrected chi connectivity index (χ0v) is 13.1. The Morgan fingerprint density at radius 2 is 2.00 bits per heavy atom. The van der Waals surface area contributed by atoms with E-state index < -0.39 is 22.4 Å². The van der Waals surface area contributed by atoms with E-state index in [1.165, 1.54) is 6.07 Å². The van der Waals surface area contributed by atoms with Crippen molar-refractivity contribution in [2.45, 2.75) is 56.3 Å². The predicted octanol–water partition coefficient (Wildman–Crippen LogP) is 4.52. The summed E-state index contributed by atoms with van der Waals surface area (Å²) >= 11 is 0. The lowest BCUT2D eigenvalue weighted by molar-refractivity contribution is -0.388. The maximum Gasteiger partial charge on any atom is 0.423 e. The Kier molecular flexibility index (Phi) is 4.42. The molecule has 1 atom stereocenters. The number of nitro benzene ring substituents is 1. The van der Waals surface area contributed by atoms with Gasteiger partial charge in [0, 0.05) is 24.4 Å². The van der Waals surface area contributed by atoms with Crippen LogP contribution in [0.25, 0.3) is 0 Å². The third-order valence-corrected chi connectivity index (χ3v) is 4.88. The van der Waals surface area contributed by atoms with Crippen molar-refractivity contribution in [3.8, 4) is 0 Å². The highest BCUT2D eigenvalue weighted by Crippen LogP contribution is 2.41. The second-order valence-corrected chi connectivity index (χ2v) is 6.56. The number of nitrogens with zero attached hydrogens (tertiary/aromatic N) is 1. The molecule has 0 bridgehead atoms. The van der Waals surface area contributed by atoms with Gasteiger partial charge in [-0.2, -0.15) is 13.2 Å². The zero-order chi connectivity index (χ0) is 17.4. The first-order valence-corrected chi connectivity index (χ1v) is 8.05. The number of ether oxygens (including phenoxy) is 1. The van der Waals surface area contributed by atoms with Crippen LogP contribution in [-0.4, -0.2) is 23.2 Å². The summed E-state index contributed by atoms with van der Waals surface area (Å²) in [5.41, 5.74) is -2.04. The van der Waals surface area contributed by atoms with Crippen molar-refractivity contribution in [2.75, 3.05) is 11.9 Å². The first kappa shape index (κ1) is 17.0. The number of benzene rings is 1. The smallest absolute Gasteiger partial charge is 0.382 e. The highest BCUT2D eigenvalue weighted by atomic mass is 19.4. The number of alkyl halides is 3. The molecule has 0 amide bonds. The average Bonchev–Trinajstić information content (AvgIpc) is 2.94. The van der Waals surface area contributed by atoms with Gasteiger partial charge in [0.2, 0.25) is 0 Å². The largest absolute Gasteiger partial charge is 0.423 e. The number of halogens is 3. The van der Waals surface area contributed by atoms with Gasteiger partial charge in [0.25, 0.3) is 5.69 Å². The van der Waals surface area contributed by atoms with Gasteiger partial charge in [0.1, 0.15) is 5.56 Å². The molecule has 5 nitrogen and oxygen atoms in total. The monoisotopic (exact) mass is 344 g/mol. The van der Waals surface area contributed by atoms with Crippen molar-refractivity contribution in [2.24, 2.45) is 0 Å². The Hall–Kier alpha value is -1.83. The van der Waals surface area contributed by atoms with Gasteiger partial charge in [-0.1, -0.05) is 12.8 Å². The van der Waals surface area contributed by atoms with Gasteiger partial charge in [-0.3, -0.25) is 10.1 Å². The number of hydrogen-bond donors (Lipinski definition) is 1. The van der Waals surface area contributed by atoms with E-state index in [0.29, 0.717) is 13.0 Å². The van der Waals surface area contributed by atoms with Gasteiger partial charge in [-0.05, 0) is 37.8 Å². The Bertz CT molecular complexity index is 627. The maximum absolute atomic E-state index is 13.1. The lowest BCUT2D eigenvalue weighted by atomic mass is 9.89. The molecule has 1 N–H and O–H groups in total. The van der Waals surface area contributed by atoms with E-state index in [0.717, 1.165) is 44.2 Å². The number of anilines is 1. The van der Waals surface area contributed by atoms with E-state index in [4.69, 9.17) is 4.74 Å². The topological polar surface area (TPSA) is 64.4 Å². The fourth-order valence-electron chi connectivity index (χ4n) is 3.77. The normalized spacial score (nSPS) is 23.4. The molecule has 1 spiro atoms. The molecule has 0 radical (unpaired) electrons. The van der Waals surface area contributed by atoms with E-state index in [1.807, 2.05) is 0 Å². The van der Waals surface area contributed by atoms with Crippen LogP contribution in [0.3, 0.4) is 0 Å². The van der Waals surface area contributed by atoms with Crippen molar-refractivity contribution >= 4 is 11.4 Å². The molecular formula is C16H19F3N2O3. The second kappa shape index (κ2) is 6.23. The Labute approximate surface area is 137 Å². The lowest BCUT2D eigenvalue weighted by Gasteiger charge is -2.39. The molecule has 3 rings (SSSR count). The third kappa shape index (κ3) is 3.48. The Morgan fingerprint density at radius 3 is 2.62 bits per heavy atom. The summed E-state index contributed by atoms with van der Waals surface area (Å²) in [6.45, 7) is 0.580. The molecule has 1 heterocycles. The molecule has 8 heteroatoms. The van der Waals surface area contributed by atoms with E-state index >= 15 is 0 Å². The van der Waals surface area contributed by atoms with Gasteiger partial charge in [0.15, 0.2) is 0 Å². The van der Waals surface area contributed by atoms with Crippen LogP contribution in [0, 0.1) is 10.1 Å². The van der Waals surface area contributed by atoms with Crippen LogP contribution in [0.15, 0.2) is 18.2 Å². The highest BCUT2D eigenvalue weighted by molar-refractivity contribution is 5.55. The molecule has 1 aliphatic heterocycles. The van der Waals surface area contributed by atoms with Crippen molar-refractivity contribution in [1.82, 2.24) is 0 Å². The molecule has 2 fully saturated rings. The van der Waals surface area contributed by atoms with Crippen LogP contribution in [0.5, 0.6) is 0 Å². The summed E-state index contributed by atoms with van der Waals surface area (Å²) in [4.78, 5) is 9.80. The van der Waals surface area contributed by atoms with Crippen LogP contribution < -0.4 is 5.32 Å². The molecule has 1 aromatic carbocycles. The maximum atomic E-state index is 13.1. The summed E-state index contributed by atoms with van der Waals surface area (Å²) in [5, 5.41) is 13.9. The van der Waals surface area contributed by atoms with Crippen LogP contribution in [0.4, 0.5) is 24.5 Å². The van der Waals surface area contributed by atoms with Gasteiger partial charge in [0.05, 0.1) is 10.5 Å². The summed E-state index contributed by atoms with van der Waals surface area (Å²) < 4.78 is 45.1. The predicted molar refractivity (Wildman–Crippen MR) is 81.9 cm³/mol. The van der Waals surface area contributed by atoms with Crippen molar-refractivity contribution < 1.29 is 22.8 Å². The number of hydrogen-bond acceptors (Lipinski definition) is 4. The quantitative estimate of drug-likeness (QED) is 0.647. The van der Waals surface area contributed by atoms with Gasteiger partial charge < -0.3 is 10.1 Å². The van der Waals surface area contributed by atoms with Crippen LogP contribution in [0.2, 0.25) is 0 Å². The zero-order valence-electron chi connectivity index (χ0n) is 13.1. The standard InChI is InChI=1S/C16H19F3N2O3/c17-16(18,19)13-9-11(3-4-14(13)21(22)23)20-12-5-8-24-15(10-12)6-1-2-7-15/h3-4,9,12,20H,1-2,5-8,10H2. The minimum Gasteiger partial charge on any atom is -0.382 e. The second-order valence-electron chi connectivity index (χ2n) is 6.56. The molecule has 1 saturated carbocycles. The Morgan fingerprint density at radius 1 is 1.29 bits per heavy atom. The highest BCUT2D eigenvalue weighted by Gasteiger charge is 2.41. The lowest BCUT2D eigenvalue weighted by Crippen LogP contribution is -2.42. The average molecular weight is 344 g/mol. The van der Waals surface area contributed by atoms with Gasteiger partial charge in [-0.25, -0.2) is 0 Å². The molecule has 1 unspecified atom stereocenters. The van der Waals surface area contributed by atoms with E-state index in [2.05, 4.69) is 5.32 Å². The molecule has 1 saturated heterocycles. The van der Waals surface area contributed by atoms with E-state index in [1.54, 1.807) is 0 Å². The summed E-state index contributed by atoms with van der Waals surface area (Å²) in [5.74, 6) is 0. The van der Waals surface area contributed by atoms with Crippen LogP contribution in [0.1, 0.15) is 44.1 Å². The van der Waals surface area contributed by atoms with Crippen molar-refractivity contribution in [1.29, 1.82) is 0 Å². The van der Waals surface area contributed by atoms with Crippen LogP contribution in [-0.2, 0) is 10.9 Å². The van der Waals surface area contributed by atoms with Gasteiger partial charge >= 0.3 is 6.18 Å². The van der Waals surface area contributed by atoms with Gasteiger partial charge in [-0.15, -0.1) is 0 Å². The molecule has 132 valence electrons. The van der Waals surface area contributed by atoms with Crippen LogP contribution >= 0.6 is 0 Å². The number of rotatable bonds is 3. The fourth-order valence-corrected chi connectivity index (χ4v) is 3.77. The van der Waals surface area contributed by atoms with Crippen molar-refractivity contribution in [3.63, 3.8) is 0 Å². The van der Waals surface area contributed by atoms with E-state index in [-0.39, 0.29) is 17.3 Å². The minimum absolute atomic E-state index is 0.0133. The SMILES string of the molecule is O=[N+]([O-])c1ccc(NC2CCOC3(CCCC3)C2)cc1C(F)(F)F. The van der Waals surface area contributed by atoms with E-state index in [9.17, 15) is 23.3 Å². The fraction of sp³-hybridized carbons (Fsp3) is 0.625. The molecule has 0 aromatic heterocycles. The Balaban J connectivity index is 1.79. The molecular weight excluding hydrogens is 325 g/mol. The first-order valence-electron chi connectivity index (χ1n) is 8.05. The summed E-state index contributed by atoms with van der Waals surface area (Å²) in [7, 11) is 0. The molecule has 1 aromatic rings. The van der Waals surface area contributed by atoms with Crippen molar-refractivity contribution in [3.05, 3.63) is 33.9 Å². The number of nitrogens with one attached hydrogen (secondary N) is 1. The summed E-state index contributed by atoms with van der Waals surface area (Å²) in [6, 6.07) is 3.09. The first-order chi connectivity index (χ1) is 11.3.